The molecule has 0 unspecified atom stereocenters. The van der Waals surface area contributed by atoms with E-state index in [1.807, 2.05) is 11.7 Å². The van der Waals surface area contributed by atoms with Crippen LogP contribution in [-0.4, -0.2) is 40.3 Å². The van der Waals surface area contributed by atoms with Gasteiger partial charge in [0.2, 0.25) is 0 Å². The maximum Gasteiger partial charge on any atom is 0.194 e. The lowest BCUT2D eigenvalue weighted by Crippen LogP contribution is -2.41. The average molecular weight is 447 g/mol. The third-order valence-corrected chi connectivity index (χ3v) is 5.62. The van der Waals surface area contributed by atoms with Gasteiger partial charge in [-0.25, -0.2) is 4.99 Å². The van der Waals surface area contributed by atoms with E-state index in [9.17, 15) is 0 Å². The van der Waals surface area contributed by atoms with Gasteiger partial charge in [0.1, 0.15) is 0 Å². The van der Waals surface area contributed by atoms with Crippen LogP contribution in [0.15, 0.2) is 4.99 Å². The summed E-state index contributed by atoms with van der Waals surface area (Å²) in [6.07, 6.45) is 3.77. The van der Waals surface area contributed by atoms with Gasteiger partial charge in [-0.15, -0.1) is 24.0 Å². The zero-order chi connectivity index (χ0) is 17.0. The SMILES string of the molecule is CCNC(=NCc1c(C)nn(C)c1C)N1CCC(CC)(CC)C1.I. The van der Waals surface area contributed by atoms with Gasteiger partial charge in [-0.1, -0.05) is 13.8 Å². The molecule has 1 saturated heterocycles. The van der Waals surface area contributed by atoms with Crippen LogP contribution in [0.5, 0.6) is 0 Å². The normalized spacial score (nSPS) is 17.1. The fraction of sp³-hybridized carbons (Fsp3) is 0.778. The smallest absolute Gasteiger partial charge is 0.194 e. The predicted octanol–water partition coefficient (Wildman–Crippen LogP) is 3.63. The number of nitrogens with zero attached hydrogens (tertiary/aromatic N) is 4. The van der Waals surface area contributed by atoms with Gasteiger partial charge in [0.25, 0.3) is 0 Å². The average Bonchev–Trinajstić information content (AvgIpc) is 3.08. The highest BCUT2D eigenvalue weighted by molar-refractivity contribution is 14.0. The van der Waals surface area contributed by atoms with E-state index in [-0.39, 0.29) is 24.0 Å². The van der Waals surface area contributed by atoms with Crippen molar-refractivity contribution in [1.82, 2.24) is 20.0 Å². The molecule has 0 bridgehead atoms. The maximum absolute atomic E-state index is 4.91. The quantitative estimate of drug-likeness (QED) is 0.426. The van der Waals surface area contributed by atoms with Gasteiger partial charge in [-0.2, -0.15) is 5.10 Å². The largest absolute Gasteiger partial charge is 0.357 e. The lowest BCUT2D eigenvalue weighted by atomic mass is 9.82. The number of nitrogens with one attached hydrogen (secondary N) is 1. The van der Waals surface area contributed by atoms with E-state index in [1.54, 1.807) is 0 Å². The van der Waals surface area contributed by atoms with Crippen LogP contribution in [-0.2, 0) is 13.6 Å². The van der Waals surface area contributed by atoms with Gasteiger partial charge in [-0.3, -0.25) is 4.68 Å². The maximum atomic E-state index is 4.91. The van der Waals surface area contributed by atoms with Crippen LogP contribution in [0, 0.1) is 19.3 Å². The molecule has 1 fully saturated rings. The highest BCUT2D eigenvalue weighted by atomic mass is 127. The van der Waals surface area contributed by atoms with E-state index >= 15 is 0 Å². The van der Waals surface area contributed by atoms with Gasteiger partial charge in [0, 0.05) is 37.9 Å². The Morgan fingerprint density at radius 2 is 1.92 bits per heavy atom. The summed E-state index contributed by atoms with van der Waals surface area (Å²) in [5.74, 6) is 1.05. The minimum atomic E-state index is 0. The molecule has 6 heteroatoms. The van der Waals surface area contributed by atoms with Crippen molar-refractivity contribution in [2.75, 3.05) is 19.6 Å². The van der Waals surface area contributed by atoms with Crippen LogP contribution in [0.1, 0.15) is 57.0 Å². The number of halogens is 1. The molecule has 0 aromatic carbocycles. The van der Waals surface area contributed by atoms with Gasteiger partial charge in [-0.05, 0) is 45.4 Å². The molecule has 1 N–H and O–H groups in total. The second kappa shape index (κ2) is 9.06. The third-order valence-electron chi connectivity index (χ3n) is 5.62. The molecule has 1 aromatic heterocycles. The minimum Gasteiger partial charge on any atom is -0.357 e. The zero-order valence-corrected chi connectivity index (χ0v) is 18.5. The van der Waals surface area contributed by atoms with Crippen LogP contribution in [0.2, 0.25) is 0 Å². The van der Waals surface area contributed by atoms with E-state index < -0.39 is 0 Å². The molecule has 0 amide bonds. The Balaban J connectivity index is 0.00000288. The van der Waals surface area contributed by atoms with Crippen LogP contribution in [0.25, 0.3) is 0 Å². The molecule has 0 radical (unpaired) electrons. The molecule has 5 nitrogen and oxygen atoms in total. The summed E-state index contributed by atoms with van der Waals surface area (Å²) in [5.41, 5.74) is 4.01. The first-order valence-electron chi connectivity index (χ1n) is 8.98. The van der Waals surface area contributed by atoms with E-state index in [2.05, 4.69) is 49.9 Å². The summed E-state index contributed by atoms with van der Waals surface area (Å²) < 4.78 is 1.95. The summed E-state index contributed by atoms with van der Waals surface area (Å²) in [5, 5.41) is 7.97. The highest BCUT2D eigenvalue weighted by Crippen LogP contribution is 2.36. The summed E-state index contributed by atoms with van der Waals surface area (Å²) in [6.45, 7) is 14.8. The summed E-state index contributed by atoms with van der Waals surface area (Å²) in [6, 6.07) is 0. The number of aliphatic imine (C=N–C) groups is 1. The van der Waals surface area contributed by atoms with Crippen LogP contribution in [0.4, 0.5) is 0 Å². The molecular formula is C18H34IN5. The Morgan fingerprint density at radius 1 is 1.25 bits per heavy atom. The third kappa shape index (κ3) is 4.43. The first-order chi connectivity index (χ1) is 11.0. The van der Waals surface area contributed by atoms with Crippen molar-refractivity contribution in [2.45, 2.75) is 60.4 Å². The monoisotopic (exact) mass is 447 g/mol. The number of guanidine groups is 1. The summed E-state index contributed by atoms with van der Waals surface area (Å²) in [4.78, 5) is 7.35. The van der Waals surface area contributed by atoms with E-state index in [4.69, 9.17) is 4.99 Å². The fourth-order valence-corrected chi connectivity index (χ4v) is 3.57. The van der Waals surface area contributed by atoms with Crippen LogP contribution < -0.4 is 5.32 Å². The summed E-state index contributed by atoms with van der Waals surface area (Å²) in [7, 11) is 2.00. The molecular weight excluding hydrogens is 413 g/mol. The topological polar surface area (TPSA) is 45.5 Å². The molecule has 0 atom stereocenters. The van der Waals surface area contributed by atoms with Gasteiger partial charge >= 0.3 is 0 Å². The van der Waals surface area contributed by atoms with Crippen molar-refractivity contribution in [1.29, 1.82) is 0 Å². The van der Waals surface area contributed by atoms with Gasteiger partial charge in [0.05, 0.1) is 12.2 Å². The second-order valence-electron chi connectivity index (χ2n) is 6.82. The van der Waals surface area contributed by atoms with Crippen molar-refractivity contribution in [3.05, 3.63) is 17.0 Å². The highest BCUT2D eigenvalue weighted by Gasteiger charge is 2.36. The first kappa shape index (κ1) is 21.3. The van der Waals surface area contributed by atoms with Crippen molar-refractivity contribution in [2.24, 2.45) is 17.5 Å². The van der Waals surface area contributed by atoms with E-state index in [0.29, 0.717) is 12.0 Å². The molecule has 2 heterocycles. The fourth-order valence-electron chi connectivity index (χ4n) is 3.57. The van der Waals surface area contributed by atoms with Crippen molar-refractivity contribution in [3.63, 3.8) is 0 Å². The second-order valence-corrected chi connectivity index (χ2v) is 6.82. The molecule has 0 aliphatic carbocycles. The van der Waals surface area contributed by atoms with E-state index in [0.717, 1.165) is 31.3 Å². The number of hydrogen-bond donors (Lipinski definition) is 1. The Hall–Kier alpha value is -0.790. The number of rotatable bonds is 5. The molecule has 138 valence electrons. The van der Waals surface area contributed by atoms with Crippen LogP contribution >= 0.6 is 24.0 Å². The Morgan fingerprint density at radius 3 is 2.38 bits per heavy atom. The molecule has 1 aliphatic rings. The Kier molecular flexibility index (Phi) is 8.02. The number of aromatic nitrogens is 2. The van der Waals surface area contributed by atoms with Crippen molar-refractivity contribution >= 4 is 29.9 Å². The van der Waals surface area contributed by atoms with Crippen molar-refractivity contribution < 1.29 is 0 Å². The van der Waals surface area contributed by atoms with E-state index in [1.165, 1.54) is 30.5 Å². The molecule has 1 aliphatic heterocycles. The van der Waals surface area contributed by atoms with Gasteiger partial charge in [0.15, 0.2) is 5.96 Å². The lowest BCUT2D eigenvalue weighted by molar-refractivity contribution is 0.276. The predicted molar refractivity (Wildman–Crippen MR) is 112 cm³/mol. The summed E-state index contributed by atoms with van der Waals surface area (Å²) >= 11 is 0. The molecule has 0 saturated carbocycles. The molecule has 24 heavy (non-hydrogen) atoms. The number of aryl methyl sites for hydroxylation is 2. The minimum absolute atomic E-state index is 0. The van der Waals surface area contributed by atoms with Gasteiger partial charge < -0.3 is 10.2 Å². The van der Waals surface area contributed by atoms with Crippen LogP contribution in [0.3, 0.4) is 0 Å². The Labute approximate surface area is 164 Å². The molecule has 1 aromatic rings. The molecule has 2 rings (SSSR count). The van der Waals surface area contributed by atoms with Crippen molar-refractivity contribution in [3.8, 4) is 0 Å². The zero-order valence-electron chi connectivity index (χ0n) is 16.1. The number of likely N-dealkylation sites (tertiary alicyclic amines) is 1. The number of hydrogen-bond acceptors (Lipinski definition) is 2. The lowest BCUT2D eigenvalue weighted by Gasteiger charge is -2.28. The first-order valence-corrected chi connectivity index (χ1v) is 8.98. The Bertz CT molecular complexity index is 560. The standard InChI is InChI=1S/C18H33N5.HI/c1-7-18(8-2)10-11-23(13-18)17(19-9-3)20-12-16-14(4)21-22(6)15(16)5;/h7-13H2,1-6H3,(H,19,20);1H. The molecule has 0 spiro atoms.